The molecule has 11 nitrogen and oxygen atoms in total. The highest BCUT2D eigenvalue weighted by atomic mass is 35.5. The molecule has 1 amide bonds. The van der Waals surface area contributed by atoms with Crippen molar-refractivity contribution in [3.8, 4) is 11.1 Å². The molecule has 1 N–H and O–H groups in total. The molecule has 0 radical (unpaired) electrons. The lowest BCUT2D eigenvalue weighted by Gasteiger charge is -2.16. The Morgan fingerprint density at radius 1 is 1.10 bits per heavy atom. The van der Waals surface area contributed by atoms with Crippen molar-refractivity contribution in [2.24, 2.45) is 7.05 Å². The number of anilines is 2. The van der Waals surface area contributed by atoms with Gasteiger partial charge in [-0.15, -0.1) is 4.73 Å². The molecule has 0 aliphatic rings. The maximum atomic E-state index is 13.6. The summed E-state index contributed by atoms with van der Waals surface area (Å²) in [5.74, 6) is 0.0417. The first-order valence-corrected chi connectivity index (χ1v) is 12.7. The molecule has 4 rings (SSSR count). The number of pyridine rings is 1. The maximum absolute atomic E-state index is 13.6. The van der Waals surface area contributed by atoms with Crippen molar-refractivity contribution in [1.82, 2.24) is 24.2 Å². The average molecular weight is 575 g/mol. The number of likely N-dealkylation sites (N-methyl/N-ethyl adjacent to an activating group) is 1. The predicted octanol–water partition coefficient (Wildman–Crippen LogP) is 3.64. The van der Waals surface area contributed by atoms with Crippen molar-refractivity contribution in [3.05, 3.63) is 68.8 Å². The zero-order chi connectivity index (χ0) is 28.1. The molecule has 4 aromatic rings. The summed E-state index contributed by atoms with van der Waals surface area (Å²) in [4.78, 5) is 42.7. The van der Waals surface area contributed by atoms with E-state index >= 15 is 0 Å². The summed E-state index contributed by atoms with van der Waals surface area (Å²) in [6.45, 7) is 1.24. The molecule has 0 saturated carbocycles. The Labute approximate surface area is 234 Å². The van der Waals surface area contributed by atoms with Crippen LogP contribution in [0.15, 0.2) is 47.5 Å². The quantitative estimate of drug-likeness (QED) is 0.270. The lowest BCUT2D eigenvalue weighted by molar-refractivity contribution is 0.0584. The Morgan fingerprint density at radius 3 is 2.51 bits per heavy atom. The van der Waals surface area contributed by atoms with Crippen molar-refractivity contribution in [2.75, 3.05) is 52.9 Å². The third kappa shape index (κ3) is 6.17. The Kier molecular flexibility index (Phi) is 9.08. The molecule has 0 bridgehead atoms. The van der Waals surface area contributed by atoms with Gasteiger partial charge in [-0.05, 0) is 24.3 Å². The number of carbonyl (C=O) groups is 1. The van der Waals surface area contributed by atoms with E-state index in [2.05, 4.69) is 15.3 Å². The Bertz CT molecular complexity index is 1530. The van der Waals surface area contributed by atoms with Crippen molar-refractivity contribution < 1.29 is 19.1 Å². The van der Waals surface area contributed by atoms with E-state index in [0.717, 1.165) is 4.73 Å². The predicted molar refractivity (Wildman–Crippen MR) is 150 cm³/mol. The van der Waals surface area contributed by atoms with E-state index in [-0.39, 0.29) is 36.3 Å². The Morgan fingerprint density at radius 2 is 1.82 bits per heavy atom. The molecule has 0 aliphatic carbocycles. The van der Waals surface area contributed by atoms with Crippen molar-refractivity contribution >= 4 is 51.8 Å². The molecule has 1 aromatic carbocycles. The number of amides is 1. The summed E-state index contributed by atoms with van der Waals surface area (Å²) in [7, 11) is 6.59. The molecule has 0 unspecified atom stereocenters. The van der Waals surface area contributed by atoms with Crippen LogP contribution in [0.3, 0.4) is 0 Å². The number of hydrogen-bond donors (Lipinski definition) is 1. The lowest BCUT2D eigenvalue weighted by Crippen LogP contribution is -2.31. The number of nitrogens with one attached hydrogen (secondary N) is 1. The highest BCUT2D eigenvalue weighted by Crippen LogP contribution is 2.33. The molecular weight excluding hydrogens is 547 g/mol. The van der Waals surface area contributed by atoms with Crippen molar-refractivity contribution in [3.63, 3.8) is 0 Å². The fourth-order valence-corrected chi connectivity index (χ4v) is 4.50. The Hall–Kier alpha value is -3.64. The van der Waals surface area contributed by atoms with Gasteiger partial charge in [0.25, 0.3) is 11.5 Å². The van der Waals surface area contributed by atoms with Crippen LogP contribution in [0.2, 0.25) is 10.0 Å². The summed E-state index contributed by atoms with van der Waals surface area (Å²) in [6, 6.07) is 8.33. The van der Waals surface area contributed by atoms with Crippen LogP contribution in [-0.4, -0.2) is 77.7 Å². The molecule has 0 fully saturated rings. The molecule has 3 heterocycles. The van der Waals surface area contributed by atoms with Crippen LogP contribution >= 0.6 is 23.2 Å². The standard InChI is InChI=1S/C26H28Cl2N6O5/c1-32(8-9-37-3)25(36)21-13-17(15-33(21)2)30-26-29-14-16-12-18(22-19(27)6-5-7-20(22)28)24(35)34(23(16)31-26)39-11-10-38-4/h5-7,12-15H,8-11H2,1-4H3,(H,29,30,31). The number of methoxy groups -OCH3 is 2. The van der Waals surface area contributed by atoms with Gasteiger partial charge in [-0.1, -0.05) is 29.3 Å². The molecule has 0 spiro atoms. The van der Waals surface area contributed by atoms with E-state index < -0.39 is 5.56 Å². The van der Waals surface area contributed by atoms with Crippen LogP contribution in [0.5, 0.6) is 0 Å². The first-order chi connectivity index (χ1) is 18.7. The number of hydrogen-bond acceptors (Lipinski definition) is 8. The summed E-state index contributed by atoms with van der Waals surface area (Å²) >= 11 is 12.8. The van der Waals surface area contributed by atoms with Gasteiger partial charge in [0.1, 0.15) is 12.3 Å². The van der Waals surface area contributed by atoms with Gasteiger partial charge in [-0.25, -0.2) is 4.98 Å². The van der Waals surface area contributed by atoms with Crippen LogP contribution in [0, 0.1) is 0 Å². The number of ether oxygens (including phenoxy) is 2. The van der Waals surface area contributed by atoms with E-state index in [1.807, 2.05) is 0 Å². The van der Waals surface area contributed by atoms with Gasteiger partial charge in [0.05, 0.1) is 34.5 Å². The van der Waals surface area contributed by atoms with Gasteiger partial charge in [-0.3, -0.25) is 9.59 Å². The first kappa shape index (κ1) is 28.4. The number of fused-ring (bicyclic) bond motifs is 1. The van der Waals surface area contributed by atoms with Gasteiger partial charge in [0, 0.05) is 58.2 Å². The Balaban J connectivity index is 1.72. The number of aromatic nitrogens is 4. The van der Waals surface area contributed by atoms with Gasteiger partial charge < -0.3 is 29.1 Å². The zero-order valence-corrected chi connectivity index (χ0v) is 23.4. The fraction of sp³-hybridized carbons (Fsp3) is 0.308. The summed E-state index contributed by atoms with van der Waals surface area (Å²) in [5.41, 5.74) is 1.42. The molecule has 3 aromatic heterocycles. The van der Waals surface area contributed by atoms with Gasteiger partial charge in [0.2, 0.25) is 5.95 Å². The minimum Gasteiger partial charge on any atom is -0.406 e. The number of nitrogens with zero attached hydrogens (tertiary/aromatic N) is 5. The topological polar surface area (TPSA) is 113 Å². The summed E-state index contributed by atoms with van der Waals surface area (Å²) in [6.07, 6.45) is 3.30. The number of halogens is 2. The minimum atomic E-state index is -0.495. The third-order valence-corrected chi connectivity index (χ3v) is 6.53. The monoisotopic (exact) mass is 574 g/mol. The molecule has 39 heavy (non-hydrogen) atoms. The second-order valence-corrected chi connectivity index (χ2v) is 9.44. The van der Waals surface area contributed by atoms with Crippen LogP contribution in [0.4, 0.5) is 11.6 Å². The van der Waals surface area contributed by atoms with Crippen LogP contribution in [-0.2, 0) is 16.5 Å². The SMILES string of the molecule is COCCOn1c(=O)c(-c2c(Cl)cccc2Cl)cc2cnc(Nc3cc(C(=O)N(C)CCOC)n(C)c3)nc21. The second-order valence-electron chi connectivity index (χ2n) is 8.62. The van der Waals surface area contributed by atoms with E-state index in [1.54, 1.807) is 73.4 Å². The largest absolute Gasteiger partial charge is 0.406 e. The molecular formula is C26H28Cl2N6O5. The minimum absolute atomic E-state index is 0.0960. The average Bonchev–Trinajstić information content (AvgIpc) is 3.28. The normalized spacial score (nSPS) is 11.1. The molecule has 206 valence electrons. The highest BCUT2D eigenvalue weighted by Gasteiger charge is 2.20. The van der Waals surface area contributed by atoms with Crippen LogP contribution < -0.4 is 15.7 Å². The van der Waals surface area contributed by atoms with Crippen LogP contribution in [0.1, 0.15) is 10.5 Å². The second kappa shape index (κ2) is 12.5. The number of carbonyl (C=O) groups excluding carboxylic acids is 1. The smallest absolute Gasteiger partial charge is 0.293 e. The molecule has 0 aliphatic heterocycles. The van der Waals surface area contributed by atoms with E-state index in [1.165, 1.54) is 7.11 Å². The summed E-state index contributed by atoms with van der Waals surface area (Å²) in [5, 5.41) is 4.26. The first-order valence-electron chi connectivity index (χ1n) is 11.9. The van der Waals surface area contributed by atoms with E-state index in [9.17, 15) is 9.59 Å². The lowest BCUT2D eigenvalue weighted by atomic mass is 10.1. The molecule has 0 atom stereocenters. The zero-order valence-electron chi connectivity index (χ0n) is 21.9. The molecule has 13 heteroatoms. The highest BCUT2D eigenvalue weighted by molar-refractivity contribution is 6.39. The van der Waals surface area contributed by atoms with E-state index in [4.69, 9.17) is 37.5 Å². The number of aryl methyl sites for hydroxylation is 1. The van der Waals surface area contributed by atoms with Gasteiger partial charge in [0.15, 0.2) is 5.65 Å². The van der Waals surface area contributed by atoms with Crippen molar-refractivity contribution in [1.29, 1.82) is 0 Å². The van der Waals surface area contributed by atoms with Gasteiger partial charge >= 0.3 is 0 Å². The number of benzene rings is 1. The third-order valence-electron chi connectivity index (χ3n) is 5.90. The molecule has 0 saturated heterocycles. The maximum Gasteiger partial charge on any atom is 0.293 e. The van der Waals surface area contributed by atoms with Gasteiger partial charge in [-0.2, -0.15) is 4.98 Å². The van der Waals surface area contributed by atoms with Crippen LogP contribution in [0.25, 0.3) is 22.2 Å². The van der Waals surface area contributed by atoms with E-state index in [0.29, 0.717) is 45.5 Å². The fourth-order valence-electron chi connectivity index (χ4n) is 3.90. The number of rotatable bonds is 11. The summed E-state index contributed by atoms with van der Waals surface area (Å²) < 4.78 is 12.9. The van der Waals surface area contributed by atoms with Crippen molar-refractivity contribution in [2.45, 2.75) is 0 Å².